The Morgan fingerprint density at radius 2 is 1.60 bits per heavy atom. The molecule has 0 saturated carbocycles. The minimum absolute atomic E-state index is 0.184. The molecule has 20 heavy (non-hydrogen) atoms. The number of ether oxygens (including phenoxy) is 1. The molecule has 8 heteroatoms. The molecule has 2 rings (SSSR count). The van der Waals surface area contributed by atoms with Gasteiger partial charge < -0.3 is 4.74 Å². The molecule has 0 spiro atoms. The van der Waals surface area contributed by atoms with Crippen molar-refractivity contribution in [1.29, 1.82) is 0 Å². The fourth-order valence-electron chi connectivity index (χ4n) is 1.52. The van der Waals surface area contributed by atoms with Crippen molar-refractivity contribution >= 4 is 29.1 Å². The van der Waals surface area contributed by atoms with E-state index in [1.165, 1.54) is 12.1 Å². The van der Waals surface area contributed by atoms with E-state index in [9.17, 15) is 22.8 Å². The number of carbonyl (C=O) groups excluding carboxylic acids is 2. The van der Waals surface area contributed by atoms with Crippen molar-refractivity contribution in [2.75, 3.05) is 4.90 Å². The molecule has 0 radical (unpaired) electrons. The Labute approximate surface area is 116 Å². The smallest absolute Gasteiger partial charge is 0.429 e. The van der Waals surface area contributed by atoms with Gasteiger partial charge in [-0.3, -0.25) is 9.59 Å². The highest BCUT2D eigenvalue weighted by Crippen LogP contribution is 2.30. The fraction of sp³-hybridized carbons (Fsp3) is 0.167. The predicted octanol–water partition coefficient (Wildman–Crippen LogP) is 2.62. The topological polar surface area (TPSA) is 46.6 Å². The molecule has 0 bridgehead atoms. The molecule has 2 amide bonds. The number of halogens is 4. The molecule has 0 aromatic heterocycles. The van der Waals surface area contributed by atoms with Crippen LogP contribution in [0.15, 0.2) is 36.4 Å². The molecular formula is C12H7ClF3NO3. The van der Waals surface area contributed by atoms with Crippen molar-refractivity contribution in [3.63, 3.8) is 0 Å². The van der Waals surface area contributed by atoms with Crippen LogP contribution in [0.2, 0.25) is 0 Å². The number of hydrogen-bond donors (Lipinski definition) is 0. The first-order chi connectivity index (χ1) is 9.31. The molecule has 1 aliphatic heterocycles. The van der Waals surface area contributed by atoms with Gasteiger partial charge in [-0.1, -0.05) is 11.6 Å². The van der Waals surface area contributed by atoms with Crippen LogP contribution in [0.25, 0.3) is 0 Å². The molecule has 0 fully saturated rings. The van der Waals surface area contributed by atoms with Crippen LogP contribution in [-0.4, -0.2) is 23.6 Å². The number of alkyl halides is 4. The van der Waals surface area contributed by atoms with Crippen LogP contribution in [0.1, 0.15) is 0 Å². The number of benzene rings is 1. The summed E-state index contributed by atoms with van der Waals surface area (Å²) in [5.41, 5.74) is -2.81. The van der Waals surface area contributed by atoms with Crippen LogP contribution in [-0.2, 0) is 9.59 Å². The van der Waals surface area contributed by atoms with Crippen LogP contribution in [0.3, 0.4) is 0 Å². The van der Waals surface area contributed by atoms with E-state index in [1.807, 2.05) is 0 Å². The Bertz CT molecular complexity index is 554. The summed E-state index contributed by atoms with van der Waals surface area (Å²) < 4.78 is 42.3. The number of anilines is 1. The van der Waals surface area contributed by atoms with Crippen LogP contribution >= 0.6 is 11.6 Å². The maximum absolute atomic E-state index is 12.9. The summed E-state index contributed by atoms with van der Waals surface area (Å²) in [4.78, 5) is 23.6. The second kappa shape index (κ2) is 5.16. The molecule has 1 unspecified atom stereocenters. The normalized spacial score (nSPS) is 16.7. The van der Waals surface area contributed by atoms with Gasteiger partial charge in [-0.2, -0.15) is 8.78 Å². The summed E-state index contributed by atoms with van der Waals surface area (Å²) in [6.07, 6.45) is -2.01. The maximum Gasteiger partial charge on any atom is 0.444 e. The van der Waals surface area contributed by atoms with Crippen molar-refractivity contribution < 1.29 is 27.5 Å². The molecule has 1 aromatic carbocycles. The van der Waals surface area contributed by atoms with Crippen LogP contribution < -0.4 is 9.64 Å². The van der Waals surface area contributed by atoms with E-state index in [4.69, 9.17) is 0 Å². The van der Waals surface area contributed by atoms with E-state index >= 15 is 0 Å². The van der Waals surface area contributed by atoms with E-state index in [2.05, 4.69) is 16.3 Å². The van der Waals surface area contributed by atoms with Crippen molar-refractivity contribution in [2.24, 2.45) is 0 Å². The third kappa shape index (κ3) is 2.77. The van der Waals surface area contributed by atoms with Crippen molar-refractivity contribution in [1.82, 2.24) is 0 Å². The quantitative estimate of drug-likeness (QED) is 0.634. The van der Waals surface area contributed by atoms with E-state index in [-0.39, 0.29) is 11.4 Å². The molecule has 0 N–H and O–H groups in total. The first-order valence-electron chi connectivity index (χ1n) is 5.32. The average Bonchev–Trinajstić information content (AvgIpc) is 2.70. The summed E-state index contributed by atoms with van der Waals surface area (Å²) in [6, 6.07) is 4.58. The Morgan fingerprint density at radius 1 is 1.10 bits per heavy atom. The summed E-state index contributed by atoms with van der Waals surface area (Å²) in [5.74, 6) is -1.44. The first-order valence-corrected chi connectivity index (χ1v) is 5.76. The van der Waals surface area contributed by atoms with Crippen molar-refractivity contribution in [2.45, 2.75) is 11.7 Å². The van der Waals surface area contributed by atoms with E-state index in [1.54, 1.807) is 0 Å². The third-order valence-electron chi connectivity index (χ3n) is 2.41. The zero-order chi connectivity index (χ0) is 14.9. The number of carbonyl (C=O) groups is 2. The third-order valence-corrected chi connectivity index (χ3v) is 2.67. The lowest BCUT2D eigenvalue weighted by molar-refractivity contribution is -0.199. The highest BCUT2D eigenvalue weighted by molar-refractivity contribution is 6.28. The second-order valence-electron chi connectivity index (χ2n) is 3.80. The summed E-state index contributed by atoms with van der Waals surface area (Å²) in [6.45, 7) is 0. The molecular weight excluding hydrogens is 299 g/mol. The number of imide groups is 1. The zero-order valence-corrected chi connectivity index (χ0v) is 10.5. The summed E-state index contributed by atoms with van der Waals surface area (Å²) in [5, 5.41) is 0. The minimum Gasteiger partial charge on any atom is -0.429 e. The van der Waals surface area contributed by atoms with Gasteiger partial charge in [0.1, 0.15) is 5.75 Å². The lowest BCUT2D eigenvalue weighted by Gasteiger charge is -2.18. The molecule has 1 heterocycles. The Kier molecular flexibility index (Phi) is 3.71. The Morgan fingerprint density at radius 3 is 2.05 bits per heavy atom. The first kappa shape index (κ1) is 14.4. The predicted molar refractivity (Wildman–Crippen MR) is 64.4 cm³/mol. The van der Waals surface area contributed by atoms with Gasteiger partial charge in [0.05, 0.1) is 5.69 Å². The van der Waals surface area contributed by atoms with Gasteiger partial charge in [0.15, 0.2) is 0 Å². The standard InChI is InChI=1S/C12H7ClF3NO3/c13-11(14)12(15,16)20-8-3-1-7(2-4-8)17-9(18)5-6-10(17)19/h1-6,11H. The zero-order valence-electron chi connectivity index (χ0n) is 9.73. The largest absolute Gasteiger partial charge is 0.444 e. The monoisotopic (exact) mass is 305 g/mol. The van der Waals surface area contributed by atoms with E-state index in [0.717, 1.165) is 29.2 Å². The number of nitrogens with zero attached hydrogens (tertiary/aromatic N) is 1. The van der Waals surface area contributed by atoms with Crippen LogP contribution in [0.4, 0.5) is 18.9 Å². The molecule has 1 aromatic rings. The molecule has 4 nitrogen and oxygen atoms in total. The van der Waals surface area contributed by atoms with Crippen LogP contribution in [0.5, 0.6) is 5.75 Å². The van der Waals surface area contributed by atoms with Gasteiger partial charge in [-0.25, -0.2) is 9.29 Å². The molecule has 1 atom stereocenters. The summed E-state index contributed by atoms with van der Waals surface area (Å²) >= 11 is 4.64. The highest BCUT2D eigenvalue weighted by atomic mass is 35.5. The Balaban J connectivity index is 2.15. The second-order valence-corrected chi connectivity index (χ2v) is 4.19. The minimum atomic E-state index is -4.18. The van der Waals surface area contributed by atoms with Gasteiger partial charge in [0.2, 0.25) is 0 Å². The molecule has 0 aliphatic carbocycles. The van der Waals surface area contributed by atoms with E-state index in [0.29, 0.717) is 0 Å². The fourth-order valence-corrected chi connectivity index (χ4v) is 1.56. The van der Waals surface area contributed by atoms with E-state index < -0.39 is 23.6 Å². The molecule has 106 valence electrons. The Hall–Kier alpha value is -2.02. The van der Waals surface area contributed by atoms with Crippen molar-refractivity contribution in [3.8, 4) is 5.75 Å². The highest BCUT2D eigenvalue weighted by Gasteiger charge is 2.42. The number of hydrogen-bond acceptors (Lipinski definition) is 3. The lowest BCUT2D eigenvalue weighted by atomic mass is 10.2. The van der Waals surface area contributed by atoms with Gasteiger partial charge >= 0.3 is 6.11 Å². The lowest BCUT2D eigenvalue weighted by Crippen LogP contribution is -2.33. The molecule has 0 saturated heterocycles. The SMILES string of the molecule is O=C1C=CC(=O)N1c1ccc(OC(F)(F)C(F)Cl)cc1. The average molecular weight is 306 g/mol. The maximum atomic E-state index is 12.9. The van der Waals surface area contributed by atoms with Crippen molar-refractivity contribution in [3.05, 3.63) is 36.4 Å². The van der Waals surface area contributed by atoms with Gasteiger partial charge in [-0.05, 0) is 24.3 Å². The van der Waals surface area contributed by atoms with Crippen LogP contribution in [0, 0.1) is 0 Å². The van der Waals surface area contributed by atoms with Gasteiger partial charge in [0.25, 0.3) is 17.4 Å². The summed E-state index contributed by atoms with van der Waals surface area (Å²) in [7, 11) is 0. The number of rotatable bonds is 4. The number of amides is 2. The molecule has 1 aliphatic rings. The van der Waals surface area contributed by atoms with Gasteiger partial charge in [-0.15, -0.1) is 0 Å². The van der Waals surface area contributed by atoms with Gasteiger partial charge in [0, 0.05) is 12.2 Å².